The molecule has 1 aromatic carbocycles. The molecule has 1 saturated heterocycles. The monoisotopic (exact) mass is 353 g/mol. The van der Waals surface area contributed by atoms with Crippen LogP contribution in [-0.4, -0.2) is 54.1 Å². The number of carbonyl (C=O) groups is 2. The van der Waals surface area contributed by atoms with Crippen LogP contribution in [0.5, 0.6) is 0 Å². The van der Waals surface area contributed by atoms with Gasteiger partial charge in [0.1, 0.15) is 0 Å². The Morgan fingerprint density at radius 1 is 1.12 bits per heavy atom. The molecule has 26 heavy (non-hydrogen) atoms. The molecular weight excluding hydrogens is 330 g/mol. The summed E-state index contributed by atoms with van der Waals surface area (Å²) in [6, 6.07) is 9.85. The first-order valence-corrected chi connectivity index (χ1v) is 8.61. The number of likely N-dealkylation sites (tertiary alicyclic amines) is 1. The van der Waals surface area contributed by atoms with Gasteiger partial charge < -0.3 is 14.9 Å². The minimum Gasteiger partial charge on any atom is -0.481 e. The summed E-state index contributed by atoms with van der Waals surface area (Å²) in [5, 5.41) is 9.25. The molecule has 3 rings (SSSR count). The lowest BCUT2D eigenvalue weighted by atomic mass is 9.99. The fraction of sp³-hybridized carbons (Fsp3) is 0.350. The number of nitrogens with zero attached hydrogens (tertiary/aromatic N) is 3. The number of anilines is 1. The van der Waals surface area contributed by atoms with Crippen LogP contribution in [0.2, 0.25) is 0 Å². The molecule has 2 aromatic rings. The summed E-state index contributed by atoms with van der Waals surface area (Å²) in [5.74, 6) is -1.57. The number of carbonyl (C=O) groups excluding carboxylic acids is 1. The standard InChI is InChI=1S/C20H23N3O3/c1-13-11-23(12-18(13)20(25)26)19(24)16-8-15(9-21-10-16)14-4-6-17(7-5-14)22(2)3/h4-10,13,18H,11-12H2,1-3H3,(H,25,26)/t13-,18-/m1/s1. The Kier molecular flexibility index (Phi) is 4.93. The van der Waals surface area contributed by atoms with Gasteiger partial charge in [0.15, 0.2) is 0 Å². The molecule has 1 fully saturated rings. The number of benzene rings is 1. The van der Waals surface area contributed by atoms with E-state index in [0.29, 0.717) is 12.1 Å². The first-order valence-electron chi connectivity index (χ1n) is 8.61. The normalized spacial score (nSPS) is 19.4. The highest BCUT2D eigenvalue weighted by molar-refractivity contribution is 5.95. The fourth-order valence-electron chi connectivity index (χ4n) is 3.30. The van der Waals surface area contributed by atoms with Crippen molar-refractivity contribution >= 4 is 17.6 Å². The number of aliphatic carboxylic acids is 1. The van der Waals surface area contributed by atoms with Crippen LogP contribution in [-0.2, 0) is 4.79 Å². The Morgan fingerprint density at radius 2 is 1.81 bits per heavy atom. The van der Waals surface area contributed by atoms with Crippen molar-refractivity contribution in [3.05, 3.63) is 48.3 Å². The van der Waals surface area contributed by atoms with E-state index >= 15 is 0 Å². The topological polar surface area (TPSA) is 73.7 Å². The van der Waals surface area contributed by atoms with Crippen LogP contribution in [0, 0.1) is 11.8 Å². The number of hydrogen-bond donors (Lipinski definition) is 1. The predicted molar refractivity (Wildman–Crippen MR) is 100 cm³/mol. The maximum atomic E-state index is 12.8. The third kappa shape index (κ3) is 3.54. The molecule has 0 saturated carbocycles. The minimum absolute atomic E-state index is 0.0498. The lowest BCUT2D eigenvalue weighted by Gasteiger charge is -2.16. The summed E-state index contributed by atoms with van der Waals surface area (Å²) < 4.78 is 0. The van der Waals surface area contributed by atoms with Crippen molar-refractivity contribution in [1.82, 2.24) is 9.88 Å². The second-order valence-electron chi connectivity index (χ2n) is 7.04. The summed E-state index contributed by atoms with van der Waals surface area (Å²) in [6.45, 7) is 2.57. The molecule has 0 spiro atoms. The molecule has 6 heteroatoms. The molecule has 1 aromatic heterocycles. The molecule has 1 aliphatic rings. The predicted octanol–water partition coefficient (Wildman–Crippen LogP) is 2.61. The Balaban J connectivity index is 1.81. The lowest BCUT2D eigenvalue weighted by Crippen LogP contribution is -2.30. The second kappa shape index (κ2) is 7.15. The van der Waals surface area contributed by atoms with Gasteiger partial charge in [-0.05, 0) is 29.7 Å². The number of aromatic nitrogens is 1. The van der Waals surface area contributed by atoms with E-state index in [-0.39, 0.29) is 18.4 Å². The average molecular weight is 353 g/mol. The van der Waals surface area contributed by atoms with Gasteiger partial charge in [0.05, 0.1) is 11.5 Å². The van der Waals surface area contributed by atoms with Gasteiger partial charge in [-0.2, -0.15) is 0 Å². The van der Waals surface area contributed by atoms with Crippen molar-refractivity contribution in [3.63, 3.8) is 0 Å². The quantitative estimate of drug-likeness (QED) is 0.915. The molecule has 0 unspecified atom stereocenters. The van der Waals surface area contributed by atoms with E-state index in [1.807, 2.05) is 56.3 Å². The smallest absolute Gasteiger partial charge is 0.308 e. The fourth-order valence-corrected chi connectivity index (χ4v) is 3.30. The number of amides is 1. The molecule has 136 valence electrons. The molecular formula is C20H23N3O3. The van der Waals surface area contributed by atoms with E-state index < -0.39 is 11.9 Å². The Hall–Kier alpha value is -2.89. The number of pyridine rings is 1. The van der Waals surface area contributed by atoms with Crippen LogP contribution in [0.4, 0.5) is 5.69 Å². The van der Waals surface area contributed by atoms with Crippen LogP contribution >= 0.6 is 0 Å². The molecule has 1 N–H and O–H groups in total. The number of hydrogen-bond acceptors (Lipinski definition) is 4. The van der Waals surface area contributed by atoms with Crippen molar-refractivity contribution in [2.24, 2.45) is 11.8 Å². The van der Waals surface area contributed by atoms with Crippen molar-refractivity contribution in [2.75, 3.05) is 32.1 Å². The van der Waals surface area contributed by atoms with Gasteiger partial charge in [-0.3, -0.25) is 14.6 Å². The zero-order valence-corrected chi connectivity index (χ0v) is 15.2. The van der Waals surface area contributed by atoms with Crippen molar-refractivity contribution < 1.29 is 14.7 Å². The molecule has 0 aliphatic carbocycles. The van der Waals surface area contributed by atoms with Crippen LogP contribution in [0.25, 0.3) is 11.1 Å². The van der Waals surface area contributed by atoms with E-state index in [1.54, 1.807) is 17.3 Å². The third-order valence-electron chi connectivity index (χ3n) is 4.92. The highest BCUT2D eigenvalue weighted by Gasteiger charge is 2.37. The number of rotatable bonds is 4. The maximum absolute atomic E-state index is 12.8. The van der Waals surface area contributed by atoms with Gasteiger partial charge in [0.2, 0.25) is 0 Å². The van der Waals surface area contributed by atoms with E-state index in [0.717, 1.165) is 16.8 Å². The van der Waals surface area contributed by atoms with E-state index in [9.17, 15) is 14.7 Å². The first kappa shape index (κ1) is 17.9. The molecule has 0 radical (unpaired) electrons. The Labute approximate surface area is 153 Å². The molecule has 2 atom stereocenters. The van der Waals surface area contributed by atoms with Crippen LogP contribution in [0.1, 0.15) is 17.3 Å². The van der Waals surface area contributed by atoms with Crippen molar-refractivity contribution in [1.29, 1.82) is 0 Å². The van der Waals surface area contributed by atoms with Gasteiger partial charge in [-0.1, -0.05) is 19.1 Å². The van der Waals surface area contributed by atoms with Crippen LogP contribution in [0.3, 0.4) is 0 Å². The van der Waals surface area contributed by atoms with E-state index in [2.05, 4.69) is 4.98 Å². The summed E-state index contributed by atoms with van der Waals surface area (Å²) in [5.41, 5.74) is 3.43. The van der Waals surface area contributed by atoms with Crippen LogP contribution < -0.4 is 4.90 Å². The molecule has 2 heterocycles. The first-order chi connectivity index (χ1) is 12.4. The molecule has 1 aliphatic heterocycles. The average Bonchev–Trinajstić information content (AvgIpc) is 3.03. The largest absolute Gasteiger partial charge is 0.481 e. The van der Waals surface area contributed by atoms with Gasteiger partial charge in [0.25, 0.3) is 5.91 Å². The SMILES string of the molecule is C[C@@H]1CN(C(=O)c2cncc(-c3ccc(N(C)C)cc3)c2)C[C@H]1C(=O)O. The second-order valence-corrected chi connectivity index (χ2v) is 7.04. The van der Waals surface area contributed by atoms with Gasteiger partial charge in [-0.15, -0.1) is 0 Å². The summed E-state index contributed by atoms with van der Waals surface area (Å²) in [4.78, 5) is 31.9. The van der Waals surface area contributed by atoms with E-state index in [4.69, 9.17) is 0 Å². The Bertz CT molecular complexity index is 817. The summed E-state index contributed by atoms with van der Waals surface area (Å²) >= 11 is 0. The number of carboxylic acids is 1. The zero-order valence-electron chi connectivity index (χ0n) is 15.2. The van der Waals surface area contributed by atoms with Gasteiger partial charge in [-0.25, -0.2) is 0 Å². The van der Waals surface area contributed by atoms with Gasteiger partial charge in [0, 0.05) is 50.8 Å². The minimum atomic E-state index is -0.847. The van der Waals surface area contributed by atoms with E-state index in [1.165, 1.54) is 0 Å². The number of carboxylic acid groups (broad SMARTS) is 1. The molecule has 0 bridgehead atoms. The maximum Gasteiger partial charge on any atom is 0.308 e. The van der Waals surface area contributed by atoms with Gasteiger partial charge >= 0.3 is 5.97 Å². The van der Waals surface area contributed by atoms with Crippen molar-refractivity contribution in [3.8, 4) is 11.1 Å². The molecule has 1 amide bonds. The zero-order chi connectivity index (χ0) is 18.8. The molecule has 6 nitrogen and oxygen atoms in total. The highest BCUT2D eigenvalue weighted by atomic mass is 16.4. The highest BCUT2D eigenvalue weighted by Crippen LogP contribution is 2.26. The Morgan fingerprint density at radius 3 is 2.38 bits per heavy atom. The third-order valence-corrected chi connectivity index (χ3v) is 4.92. The summed E-state index contributed by atoms with van der Waals surface area (Å²) in [6.07, 6.45) is 3.27. The van der Waals surface area contributed by atoms with Crippen LogP contribution in [0.15, 0.2) is 42.7 Å². The summed E-state index contributed by atoms with van der Waals surface area (Å²) in [7, 11) is 3.97. The van der Waals surface area contributed by atoms with Crippen molar-refractivity contribution in [2.45, 2.75) is 6.92 Å². The lowest BCUT2D eigenvalue weighted by molar-refractivity contribution is -0.142.